The van der Waals surface area contributed by atoms with Gasteiger partial charge in [-0.3, -0.25) is 0 Å². The molecule has 1 saturated heterocycles. The summed E-state index contributed by atoms with van der Waals surface area (Å²) in [7, 11) is 0. The number of hydrogen-bond acceptors (Lipinski definition) is 3. The molecule has 1 aromatic carbocycles. The molecule has 0 aromatic heterocycles. The quantitative estimate of drug-likeness (QED) is 0.877. The number of halogens is 1. The molecule has 3 nitrogen and oxygen atoms in total. The highest BCUT2D eigenvalue weighted by atomic mass is 79.9. The van der Waals surface area contributed by atoms with Crippen LogP contribution >= 0.6 is 15.9 Å². The van der Waals surface area contributed by atoms with Crippen molar-refractivity contribution in [1.29, 1.82) is 0 Å². The Morgan fingerprint density at radius 2 is 2.11 bits per heavy atom. The Labute approximate surface area is 123 Å². The minimum absolute atomic E-state index is 0.0355. The van der Waals surface area contributed by atoms with Crippen molar-refractivity contribution >= 4 is 21.6 Å². The minimum atomic E-state index is -0.516. The molecule has 2 atom stereocenters. The lowest BCUT2D eigenvalue weighted by Gasteiger charge is -2.25. The number of nitrogens with two attached hydrogens (primary N) is 1. The zero-order chi connectivity index (χ0) is 14.0. The van der Waals surface area contributed by atoms with E-state index in [9.17, 15) is 5.11 Å². The van der Waals surface area contributed by atoms with Gasteiger partial charge < -0.3 is 15.7 Å². The van der Waals surface area contributed by atoms with Gasteiger partial charge in [0.2, 0.25) is 0 Å². The Kier molecular flexibility index (Phi) is 4.54. The molecule has 0 radical (unpaired) electrons. The van der Waals surface area contributed by atoms with Crippen molar-refractivity contribution in [3.8, 4) is 0 Å². The highest BCUT2D eigenvalue weighted by molar-refractivity contribution is 9.10. The van der Waals surface area contributed by atoms with Crippen molar-refractivity contribution in [1.82, 2.24) is 0 Å². The van der Waals surface area contributed by atoms with Gasteiger partial charge in [-0.15, -0.1) is 0 Å². The van der Waals surface area contributed by atoms with E-state index in [4.69, 9.17) is 5.73 Å². The topological polar surface area (TPSA) is 49.5 Å². The van der Waals surface area contributed by atoms with Crippen LogP contribution in [0.3, 0.4) is 0 Å². The van der Waals surface area contributed by atoms with E-state index in [1.165, 1.54) is 5.69 Å². The van der Waals surface area contributed by atoms with Crippen LogP contribution in [0.5, 0.6) is 0 Å². The zero-order valence-corrected chi connectivity index (χ0v) is 13.3. The number of aliphatic hydroxyl groups is 1. The van der Waals surface area contributed by atoms with Crippen LogP contribution in [0.1, 0.15) is 44.7 Å². The van der Waals surface area contributed by atoms with Crippen molar-refractivity contribution in [2.45, 2.75) is 44.8 Å². The summed E-state index contributed by atoms with van der Waals surface area (Å²) in [6.07, 6.45) is 2.72. The van der Waals surface area contributed by atoms with E-state index in [1.54, 1.807) is 0 Å². The van der Waals surface area contributed by atoms with Gasteiger partial charge in [-0.05, 0) is 50.8 Å². The van der Waals surface area contributed by atoms with Crippen LogP contribution < -0.4 is 10.6 Å². The predicted molar refractivity (Wildman–Crippen MR) is 83.4 cm³/mol. The predicted octanol–water partition coefficient (Wildman–Crippen LogP) is 3.21. The van der Waals surface area contributed by atoms with E-state index in [0.717, 1.165) is 42.4 Å². The average Bonchev–Trinajstić information content (AvgIpc) is 2.49. The lowest BCUT2D eigenvalue weighted by atomic mass is 9.98. The molecule has 0 bridgehead atoms. The molecular weight excluding hydrogens is 304 g/mol. The van der Waals surface area contributed by atoms with E-state index >= 15 is 0 Å². The van der Waals surface area contributed by atoms with Crippen molar-refractivity contribution in [2.75, 3.05) is 18.0 Å². The standard InChI is InChI=1S/C15H23BrN2O/c1-11(17)13-5-4-12(10-14(13)16)18-8-3-6-15(2,19)7-9-18/h4-5,10-11,19H,3,6-9,17H2,1-2H3. The van der Waals surface area contributed by atoms with Crippen molar-refractivity contribution in [3.05, 3.63) is 28.2 Å². The molecule has 1 aliphatic heterocycles. The molecule has 4 heteroatoms. The molecule has 0 saturated carbocycles. The van der Waals surface area contributed by atoms with Crippen molar-refractivity contribution in [3.63, 3.8) is 0 Å². The molecule has 106 valence electrons. The summed E-state index contributed by atoms with van der Waals surface area (Å²) < 4.78 is 1.07. The minimum Gasteiger partial charge on any atom is -0.390 e. The van der Waals surface area contributed by atoms with Crippen LogP contribution in [0.15, 0.2) is 22.7 Å². The molecule has 3 N–H and O–H groups in total. The third kappa shape index (κ3) is 3.71. The van der Waals surface area contributed by atoms with Crippen molar-refractivity contribution in [2.24, 2.45) is 5.73 Å². The first-order valence-electron chi connectivity index (χ1n) is 6.91. The second-order valence-corrected chi connectivity index (χ2v) is 6.69. The smallest absolute Gasteiger partial charge is 0.0637 e. The second kappa shape index (κ2) is 5.81. The van der Waals surface area contributed by atoms with Crippen LogP contribution in [-0.4, -0.2) is 23.8 Å². The van der Waals surface area contributed by atoms with Gasteiger partial charge in [-0.2, -0.15) is 0 Å². The zero-order valence-electron chi connectivity index (χ0n) is 11.7. The molecule has 19 heavy (non-hydrogen) atoms. The van der Waals surface area contributed by atoms with Crippen LogP contribution in [-0.2, 0) is 0 Å². The Morgan fingerprint density at radius 1 is 1.37 bits per heavy atom. The number of benzene rings is 1. The maximum absolute atomic E-state index is 10.1. The van der Waals surface area contributed by atoms with E-state index in [1.807, 2.05) is 13.8 Å². The Bertz CT molecular complexity index is 446. The Hall–Kier alpha value is -0.580. The fourth-order valence-electron chi connectivity index (χ4n) is 2.60. The van der Waals surface area contributed by atoms with Gasteiger partial charge in [0.1, 0.15) is 0 Å². The lowest BCUT2D eigenvalue weighted by Crippen LogP contribution is -2.28. The van der Waals surface area contributed by atoms with Gasteiger partial charge in [0.05, 0.1) is 5.60 Å². The maximum Gasteiger partial charge on any atom is 0.0637 e. The largest absolute Gasteiger partial charge is 0.390 e. The van der Waals surface area contributed by atoms with E-state index < -0.39 is 5.60 Å². The molecule has 0 amide bonds. The van der Waals surface area contributed by atoms with E-state index in [0.29, 0.717) is 0 Å². The summed E-state index contributed by atoms with van der Waals surface area (Å²) in [5.41, 5.74) is 7.74. The average molecular weight is 327 g/mol. The summed E-state index contributed by atoms with van der Waals surface area (Å²) in [6, 6.07) is 6.39. The van der Waals surface area contributed by atoms with Gasteiger partial charge in [0.15, 0.2) is 0 Å². The first-order chi connectivity index (χ1) is 8.89. The first kappa shape index (κ1) is 14.8. The molecule has 1 aromatic rings. The Balaban J connectivity index is 2.16. The van der Waals surface area contributed by atoms with Crippen LogP contribution in [0.25, 0.3) is 0 Å². The number of hydrogen-bond donors (Lipinski definition) is 2. The van der Waals surface area contributed by atoms with Gasteiger partial charge in [0, 0.05) is 29.3 Å². The summed E-state index contributed by atoms with van der Waals surface area (Å²) in [5.74, 6) is 0. The van der Waals surface area contributed by atoms with E-state index in [2.05, 4.69) is 39.0 Å². The third-order valence-corrected chi connectivity index (χ3v) is 4.59. The lowest BCUT2D eigenvalue weighted by molar-refractivity contribution is 0.0481. The van der Waals surface area contributed by atoms with E-state index in [-0.39, 0.29) is 6.04 Å². The van der Waals surface area contributed by atoms with Crippen LogP contribution in [0, 0.1) is 0 Å². The number of anilines is 1. The first-order valence-corrected chi connectivity index (χ1v) is 7.71. The summed E-state index contributed by atoms with van der Waals surface area (Å²) in [4.78, 5) is 2.34. The monoisotopic (exact) mass is 326 g/mol. The van der Waals surface area contributed by atoms with Crippen LogP contribution in [0.2, 0.25) is 0 Å². The van der Waals surface area contributed by atoms with Crippen LogP contribution in [0.4, 0.5) is 5.69 Å². The van der Waals surface area contributed by atoms with Crippen molar-refractivity contribution < 1.29 is 5.11 Å². The molecular formula is C15H23BrN2O. The highest BCUT2D eigenvalue weighted by Gasteiger charge is 2.25. The highest BCUT2D eigenvalue weighted by Crippen LogP contribution is 2.30. The fourth-order valence-corrected chi connectivity index (χ4v) is 3.33. The van der Waals surface area contributed by atoms with Gasteiger partial charge >= 0.3 is 0 Å². The summed E-state index contributed by atoms with van der Waals surface area (Å²) >= 11 is 3.60. The maximum atomic E-state index is 10.1. The molecule has 2 rings (SSSR count). The number of nitrogens with zero attached hydrogens (tertiary/aromatic N) is 1. The molecule has 0 spiro atoms. The SMILES string of the molecule is CC(N)c1ccc(N2CCCC(C)(O)CC2)cc1Br. The normalized spacial score (nSPS) is 26.1. The molecule has 1 heterocycles. The fraction of sp³-hybridized carbons (Fsp3) is 0.600. The summed E-state index contributed by atoms with van der Waals surface area (Å²) in [6.45, 7) is 5.82. The molecule has 2 unspecified atom stereocenters. The number of rotatable bonds is 2. The molecule has 1 fully saturated rings. The summed E-state index contributed by atoms with van der Waals surface area (Å²) in [5, 5.41) is 10.1. The van der Waals surface area contributed by atoms with Gasteiger partial charge in [-0.25, -0.2) is 0 Å². The van der Waals surface area contributed by atoms with Gasteiger partial charge in [0.25, 0.3) is 0 Å². The Morgan fingerprint density at radius 3 is 2.74 bits per heavy atom. The third-order valence-electron chi connectivity index (χ3n) is 3.90. The second-order valence-electron chi connectivity index (χ2n) is 5.83. The molecule has 1 aliphatic rings. The van der Waals surface area contributed by atoms with Gasteiger partial charge in [-0.1, -0.05) is 22.0 Å². The molecule has 0 aliphatic carbocycles.